The fraction of sp³-hybridized carbons (Fsp3) is 0.385. The standard InChI is InChI=1S/C13H16ClN3OS/c14-10-3-1-2-4-11(10)16-13(18)17-7-5-9(6-8-17)12(15)19/h1-4,9H,5-8H2,(H2,15,19)(H,16,18). The Morgan fingerprint density at radius 1 is 1.37 bits per heavy atom. The van der Waals surface area contributed by atoms with Crippen molar-refractivity contribution in [3.8, 4) is 0 Å². The fourth-order valence-corrected chi connectivity index (χ4v) is 2.54. The summed E-state index contributed by atoms with van der Waals surface area (Å²) in [5.41, 5.74) is 6.26. The van der Waals surface area contributed by atoms with Gasteiger partial charge in [-0.05, 0) is 25.0 Å². The highest BCUT2D eigenvalue weighted by molar-refractivity contribution is 7.80. The Bertz CT molecular complexity index is 487. The van der Waals surface area contributed by atoms with Crippen LogP contribution in [0.15, 0.2) is 24.3 Å². The molecule has 6 heteroatoms. The van der Waals surface area contributed by atoms with Gasteiger partial charge in [0.2, 0.25) is 0 Å². The second kappa shape index (κ2) is 6.21. The van der Waals surface area contributed by atoms with Gasteiger partial charge >= 0.3 is 6.03 Å². The molecule has 19 heavy (non-hydrogen) atoms. The predicted molar refractivity (Wildman–Crippen MR) is 81.6 cm³/mol. The summed E-state index contributed by atoms with van der Waals surface area (Å²) in [5.74, 6) is 0.249. The van der Waals surface area contributed by atoms with Gasteiger partial charge in [-0.25, -0.2) is 4.79 Å². The summed E-state index contributed by atoms with van der Waals surface area (Å²) in [6.45, 7) is 1.33. The minimum absolute atomic E-state index is 0.130. The number of piperidine rings is 1. The van der Waals surface area contributed by atoms with Crippen LogP contribution >= 0.6 is 23.8 Å². The van der Waals surface area contributed by atoms with Crippen LogP contribution in [0, 0.1) is 5.92 Å². The molecule has 0 aliphatic carbocycles. The van der Waals surface area contributed by atoms with Gasteiger partial charge in [-0.3, -0.25) is 0 Å². The van der Waals surface area contributed by atoms with Crippen molar-refractivity contribution in [3.05, 3.63) is 29.3 Å². The first-order valence-electron chi connectivity index (χ1n) is 6.17. The topological polar surface area (TPSA) is 58.4 Å². The Balaban J connectivity index is 1.92. The molecule has 1 aromatic rings. The molecular weight excluding hydrogens is 282 g/mol. The normalized spacial score (nSPS) is 16.2. The molecule has 0 saturated carbocycles. The molecule has 0 bridgehead atoms. The van der Waals surface area contributed by atoms with Crippen LogP contribution in [0.4, 0.5) is 10.5 Å². The zero-order chi connectivity index (χ0) is 13.8. The second-order valence-corrected chi connectivity index (χ2v) is 5.45. The van der Waals surface area contributed by atoms with E-state index in [1.54, 1.807) is 17.0 Å². The zero-order valence-corrected chi connectivity index (χ0v) is 12.0. The van der Waals surface area contributed by atoms with E-state index in [2.05, 4.69) is 5.32 Å². The summed E-state index contributed by atoms with van der Waals surface area (Å²) in [5, 5.41) is 3.35. The number of para-hydroxylation sites is 1. The van der Waals surface area contributed by atoms with Crippen LogP contribution < -0.4 is 11.1 Å². The average Bonchev–Trinajstić information content (AvgIpc) is 2.41. The molecule has 1 saturated heterocycles. The van der Waals surface area contributed by atoms with Gasteiger partial charge in [-0.2, -0.15) is 0 Å². The van der Waals surface area contributed by atoms with E-state index in [0.29, 0.717) is 28.8 Å². The molecule has 1 aromatic carbocycles. The molecule has 0 radical (unpaired) electrons. The molecule has 0 unspecified atom stereocenters. The number of hydrogen-bond acceptors (Lipinski definition) is 2. The van der Waals surface area contributed by atoms with Gasteiger partial charge in [0.15, 0.2) is 0 Å². The van der Waals surface area contributed by atoms with Crippen molar-refractivity contribution in [3.63, 3.8) is 0 Å². The lowest BCUT2D eigenvalue weighted by Crippen LogP contribution is -2.43. The highest BCUT2D eigenvalue weighted by Crippen LogP contribution is 2.22. The number of anilines is 1. The van der Waals surface area contributed by atoms with Crippen LogP contribution in [0.2, 0.25) is 5.02 Å². The van der Waals surface area contributed by atoms with Crippen molar-refractivity contribution in [1.29, 1.82) is 0 Å². The summed E-state index contributed by atoms with van der Waals surface area (Å²) in [6, 6.07) is 7.05. The first kappa shape index (κ1) is 14.1. The van der Waals surface area contributed by atoms with Crippen molar-refractivity contribution in [2.45, 2.75) is 12.8 Å². The van der Waals surface area contributed by atoms with Gasteiger partial charge in [-0.15, -0.1) is 0 Å². The Morgan fingerprint density at radius 3 is 2.58 bits per heavy atom. The van der Waals surface area contributed by atoms with E-state index >= 15 is 0 Å². The number of nitrogens with zero attached hydrogens (tertiary/aromatic N) is 1. The van der Waals surface area contributed by atoms with E-state index in [0.717, 1.165) is 12.8 Å². The van der Waals surface area contributed by atoms with Crippen LogP contribution in [0.5, 0.6) is 0 Å². The van der Waals surface area contributed by atoms with Crippen LogP contribution in [0.1, 0.15) is 12.8 Å². The molecule has 3 N–H and O–H groups in total. The summed E-state index contributed by atoms with van der Waals surface area (Å²) >= 11 is 11.0. The number of halogens is 1. The molecule has 0 atom stereocenters. The number of hydrogen-bond donors (Lipinski definition) is 2. The third-order valence-electron chi connectivity index (χ3n) is 3.30. The lowest BCUT2D eigenvalue weighted by atomic mass is 9.97. The number of amides is 2. The lowest BCUT2D eigenvalue weighted by Gasteiger charge is -2.31. The molecule has 102 valence electrons. The van der Waals surface area contributed by atoms with Crippen LogP contribution in [-0.4, -0.2) is 29.0 Å². The van der Waals surface area contributed by atoms with E-state index < -0.39 is 0 Å². The van der Waals surface area contributed by atoms with E-state index in [4.69, 9.17) is 29.6 Å². The molecule has 1 heterocycles. The number of likely N-dealkylation sites (tertiary alicyclic amines) is 1. The second-order valence-electron chi connectivity index (χ2n) is 4.57. The number of nitrogens with one attached hydrogen (secondary N) is 1. The lowest BCUT2D eigenvalue weighted by molar-refractivity contribution is 0.193. The summed E-state index contributed by atoms with van der Waals surface area (Å²) in [7, 11) is 0. The Morgan fingerprint density at radius 2 is 2.00 bits per heavy atom. The number of carbonyl (C=O) groups is 1. The largest absolute Gasteiger partial charge is 0.393 e. The third-order valence-corrected chi connectivity index (χ3v) is 3.96. The van der Waals surface area contributed by atoms with Gasteiger partial charge in [0, 0.05) is 19.0 Å². The maximum atomic E-state index is 12.1. The third kappa shape index (κ3) is 3.58. The van der Waals surface area contributed by atoms with Crippen molar-refractivity contribution < 1.29 is 4.79 Å². The molecule has 2 rings (SSSR count). The van der Waals surface area contributed by atoms with E-state index in [-0.39, 0.29) is 11.9 Å². The number of thiocarbonyl (C=S) groups is 1. The zero-order valence-electron chi connectivity index (χ0n) is 10.4. The van der Waals surface area contributed by atoms with Gasteiger partial charge in [0.1, 0.15) is 0 Å². The minimum atomic E-state index is -0.130. The molecule has 1 aliphatic rings. The number of urea groups is 1. The van der Waals surface area contributed by atoms with E-state index in [1.807, 2.05) is 12.1 Å². The van der Waals surface area contributed by atoms with Gasteiger partial charge < -0.3 is 16.0 Å². The van der Waals surface area contributed by atoms with Crippen LogP contribution in [0.25, 0.3) is 0 Å². The van der Waals surface area contributed by atoms with Crippen LogP contribution in [0.3, 0.4) is 0 Å². The Kier molecular flexibility index (Phi) is 4.61. The summed E-state index contributed by atoms with van der Waals surface area (Å²) in [4.78, 5) is 14.4. The van der Waals surface area contributed by atoms with Crippen molar-refractivity contribution in [1.82, 2.24) is 4.90 Å². The summed E-state index contributed by atoms with van der Waals surface area (Å²) in [6.07, 6.45) is 1.65. The van der Waals surface area contributed by atoms with E-state index in [9.17, 15) is 4.79 Å². The van der Waals surface area contributed by atoms with Gasteiger partial charge in [0.05, 0.1) is 15.7 Å². The highest BCUT2D eigenvalue weighted by Gasteiger charge is 2.24. The Labute approximate surface area is 122 Å². The molecule has 4 nitrogen and oxygen atoms in total. The molecular formula is C13H16ClN3OS. The molecule has 1 fully saturated rings. The summed E-state index contributed by atoms with van der Waals surface area (Å²) < 4.78 is 0. The smallest absolute Gasteiger partial charge is 0.321 e. The van der Waals surface area contributed by atoms with Gasteiger partial charge in [0.25, 0.3) is 0 Å². The average molecular weight is 298 g/mol. The fourth-order valence-electron chi connectivity index (χ4n) is 2.12. The van der Waals surface area contributed by atoms with Crippen molar-refractivity contribution in [2.24, 2.45) is 11.7 Å². The maximum Gasteiger partial charge on any atom is 0.321 e. The van der Waals surface area contributed by atoms with Crippen molar-refractivity contribution in [2.75, 3.05) is 18.4 Å². The molecule has 0 aromatic heterocycles. The first-order valence-corrected chi connectivity index (χ1v) is 6.96. The number of carbonyl (C=O) groups excluding carboxylic acids is 1. The number of benzene rings is 1. The highest BCUT2D eigenvalue weighted by atomic mass is 35.5. The van der Waals surface area contributed by atoms with Gasteiger partial charge in [-0.1, -0.05) is 36.0 Å². The molecule has 2 amide bonds. The first-order chi connectivity index (χ1) is 9.08. The molecule has 0 spiro atoms. The number of rotatable bonds is 2. The molecule has 1 aliphatic heterocycles. The maximum absolute atomic E-state index is 12.1. The monoisotopic (exact) mass is 297 g/mol. The Hall–Kier alpha value is -1.33. The van der Waals surface area contributed by atoms with E-state index in [1.165, 1.54) is 0 Å². The number of nitrogens with two attached hydrogens (primary N) is 1. The SMILES string of the molecule is NC(=S)C1CCN(C(=O)Nc2ccccc2Cl)CC1. The predicted octanol–water partition coefficient (Wildman–Crippen LogP) is 2.87. The quantitative estimate of drug-likeness (QED) is 0.825. The minimum Gasteiger partial charge on any atom is -0.393 e. The van der Waals surface area contributed by atoms with Crippen molar-refractivity contribution >= 4 is 40.5 Å². The van der Waals surface area contributed by atoms with Crippen LogP contribution in [-0.2, 0) is 0 Å².